The second-order valence-corrected chi connectivity index (χ2v) is 0. The molecule has 0 nitrogen and oxygen atoms in total. The molecule has 0 fully saturated rings. The molecule has 0 aromatic heterocycles. The fraction of sp³-hybridized carbons (Fsp3) is 0. The van der Waals surface area contributed by atoms with E-state index in [9.17, 15) is 0 Å². The average Bonchev–Trinajstić information content (AvgIpc) is 1.00. The molecule has 51 valence electrons. The predicted molar refractivity (Wildman–Crippen MR) is 8.54 cm³/mol. The molecule has 0 bridgehead atoms. The molecule has 7 heteroatoms. The second kappa shape index (κ2) is 50.7. The predicted octanol–water partition coefficient (Wildman–Crippen LogP) is -0.931. The van der Waals surface area contributed by atoms with Gasteiger partial charge in [-0.2, -0.15) is 0 Å². The van der Waals surface area contributed by atoms with Gasteiger partial charge in [-0.25, -0.2) is 0 Å². The Kier molecular flexibility index (Phi) is 319. The van der Waals surface area contributed by atoms with Crippen LogP contribution in [-0.2, 0) is 120 Å². The number of hydrogen-bond donors (Lipinski definition) is 0. The molecule has 0 amide bonds. The van der Waals surface area contributed by atoms with Crippen molar-refractivity contribution in [1.82, 2.24) is 0 Å². The molecular weight excluding hydrogens is 788 g/mol. The number of hydrogen-bond acceptors (Lipinski definition) is 0. The summed E-state index contributed by atoms with van der Waals surface area (Å²) < 4.78 is 0. The summed E-state index contributed by atoms with van der Waals surface area (Å²) in [5.74, 6) is 0. The molecule has 0 saturated heterocycles. The SMILES string of the molecule is [BH2][Re].[Co].[Cr].[Hf].[Pd].[Pt]. The van der Waals surface area contributed by atoms with Crippen molar-refractivity contribution in [3.05, 3.63) is 0 Å². The van der Waals surface area contributed by atoms with Crippen LogP contribution in [0, 0.1) is 0 Å². The van der Waals surface area contributed by atoms with Gasteiger partial charge in [0.1, 0.15) is 0 Å². The van der Waals surface area contributed by atoms with Crippen LogP contribution in [-0.4, -0.2) is 6.20 Å². The van der Waals surface area contributed by atoms with Crippen molar-refractivity contribution >= 4 is 6.20 Å². The van der Waals surface area contributed by atoms with Crippen molar-refractivity contribution in [2.75, 3.05) is 0 Å². The molecule has 7 heavy (non-hydrogen) atoms. The summed E-state index contributed by atoms with van der Waals surface area (Å²) in [5.41, 5.74) is 0. The Bertz CT molecular complexity index is 19.7. The first-order valence-corrected chi connectivity index (χ1v) is 3.09. The van der Waals surface area contributed by atoms with Crippen molar-refractivity contribution in [3.8, 4) is 0 Å². The maximum absolute atomic E-state index is 2.06. The summed E-state index contributed by atoms with van der Waals surface area (Å²) in [6, 6.07) is 0. The van der Waals surface area contributed by atoms with Crippen molar-refractivity contribution in [2.24, 2.45) is 0 Å². The summed E-state index contributed by atoms with van der Waals surface area (Å²) in [5, 5.41) is 0. The Hall–Kier alpha value is 3.99. The Morgan fingerprint density at radius 1 is 1.14 bits per heavy atom. The first-order valence-electron chi connectivity index (χ1n) is 0.378. The zero-order valence-corrected chi connectivity index (χ0v) is 15.7. The van der Waals surface area contributed by atoms with E-state index in [1.165, 1.54) is 0 Å². The van der Waals surface area contributed by atoms with E-state index in [1.807, 2.05) is 0 Å². The minimum absolute atomic E-state index is 0. The van der Waals surface area contributed by atoms with Gasteiger partial charge in [-0.1, -0.05) is 0 Å². The summed E-state index contributed by atoms with van der Waals surface area (Å²) in [6.07, 6.45) is 2.06. The van der Waals surface area contributed by atoms with Gasteiger partial charge in [-0.15, -0.1) is 0 Å². The monoisotopic (exact) mass is 792 g/mol. The van der Waals surface area contributed by atoms with Gasteiger partial charge in [-0.05, 0) is 0 Å². The van der Waals surface area contributed by atoms with Gasteiger partial charge in [0.15, 0.2) is 0 Å². The maximum Gasteiger partial charge on any atom is 0 e. The van der Waals surface area contributed by atoms with Crippen molar-refractivity contribution in [2.45, 2.75) is 0 Å². The molecule has 1 radical (unpaired) electrons. The molecule has 0 saturated carbocycles. The molecule has 0 aliphatic heterocycles. The summed E-state index contributed by atoms with van der Waals surface area (Å²) in [6.45, 7) is 0. The Morgan fingerprint density at radius 2 is 1.14 bits per heavy atom. The Balaban J connectivity index is -0.000000000500. The standard InChI is InChI=1S/BH2.Co.Cr.Hf.Pd.Pt.Re/h1H2;;;;;;/q+1;;;;;;-1. The third kappa shape index (κ3) is 40.1. The molecule has 0 aliphatic carbocycles. The molecule has 0 aliphatic rings. The topological polar surface area (TPSA) is 0 Å². The van der Waals surface area contributed by atoms with Crippen LogP contribution < -0.4 is 0 Å². The van der Waals surface area contributed by atoms with E-state index in [0.29, 0.717) is 0 Å². The van der Waals surface area contributed by atoms with Gasteiger partial charge in [0.05, 0.1) is 0 Å². The molecule has 0 aromatic rings. The second-order valence-electron chi connectivity index (χ2n) is 0. The minimum Gasteiger partial charge on any atom is 0 e. The fourth-order valence-corrected chi connectivity index (χ4v) is 0. The van der Waals surface area contributed by atoms with E-state index in [1.54, 1.807) is 19.0 Å². The van der Waals surface area contributed by atoms with Gasteiger partial charge < -0.3 is 0 Å². The maximum atomic E-state index is 2.06. The molecule has 0 heterocycles. The van der Waals surface area contributed by atoms with E-state index >= 15 is 0 Å². The van der Waals surface area contributed by atoms with Gasteiger partial charge in [0, 0.05) is 101 Å². The average molecular weight is 790 g/mol. The quantitative estimate of drug-likeness (QED) is 0.279. The van der Waals surface area contributed by atoms with E-state index in [4.69, 9.17) is 0 Å². The van der Waals surface area contributed by atoms with E-state index < -0.39 is 0 Å². The van der Waals surface area contributed by atoms with Crippen LogP contribution in [0.25, 0.3) is 0 Å². The molecule has 0 unspecified atom stereocenters. The molecule has 0 spiro atoms. The third-order valence-corrected chi connectivity index (χ3v) is 0. The van der Waals surface area contributed by atoms with Crippen molar-refractivity contribution < 1.29 is 120 Å². The normalized spacial score (nSPS) is 0.714. The van der Waals surface area contributed by atoms with Gasteiger partial charge in [-0.3, -0.25) is 0 Å². The van der Waals surface area contributed by atoms with Crippen molar-refractivity contribution in [3.63, 3.8) is 0 Å². The Morgan fingerprint density at radius 3 is 1.14 bits per heavy atom. The smallest absolute Gasteiger partial charge is 0 e. The Labute approximate surface area is 124 Å². The number of rotatable bonds is 0. The summed E-state index contributed by atoms with van der Waals surface area (Å²) in [7, 11) is 0. The zero-order chi connectivity index (χ0) is 2.00. The van der Waals surface area contributed by atoms with Crippen LogP contribution in [0.3, 0.4) is 0 Å². The third-order valence-electron chi connectivity index (χ3n) is 0. The summed E-state index contributed by atoms with van der Waals surface area (Å²) in [4.78, 5) is 0. The zero-order valence-electron chi connectivity index (χ0n) is 3.25. The van der Waals surface area contributed by atoms with Crippen LogP contribution in [0.4, 0.5) is 0 Å². The first-order chi connectivity index (χ1) is 1.00. The van der Waals surface area contributed by atoms with E-state index in [-0.39, 0.29) is 101 Å². The van der Waals surface area contributed by atoms with Gasteiger partial charge in [0.2, 0.25) is 0 Å². The van der Waals surface area contributed by atoms with Gasteiger partial charge >= 0.3 is 25.2 Å². The molecule has 0 aromatic carbocycles. The van der Waals surface area contributed by atoms with E-state index in [0.717, 1.165) is 0 Å². The molecule has 0 atom stereocenters. The van der Waals surface area contributed by atoms with E-state index in [2.05, 4.69) is 6.20 Å². The van der Waals surface area contributed by atoms with Crippen LogP contribution in [0.5, 0.6) is 0 Å². The minimum atomic E-state index is 0. The fourth-order valence-electron chi connectivity index (χ4n) is 0. The van der Waals surface area contributed by atoms with Crippen LogP contribution in [0.2, 0.25) is 0 Å². The molecule has 0 N–H and O–H groups in total. The first kappa shape index (κ1) is 44.1. The van der Waals surface area contributed by atoms with Gasteiger partial charge in [0.25, 0.3) is 0 Å². The largest absolute Gasteiger partial charge is 0 e. The molecular formula is H2BCoCrHfPdPtRe. The summed E-state index contributed by atoms with van der Waals surface area (Å²) >= 11 is 1.72. The van der Waals surface area contributed by atoms with Crippen LogP contribution >= 0.6 is 0 Å². The van der Waals surface area contributed by atoms with Crippen LogP contribution in [0.15, 0.2) is 0 Å². The van der Waals surface area contributed by atoms with Crippen LogP contribution in [0.1, 0.15) is 0 Å². The molecule has 0 rings (SSSR count). The van der Waals surface area contributed by atoms with Crippen molar-refractivity contribution in [1.29, 1.82) is 0 Å².